The van der Waals surface area contributed by atoms with Gasteiger partial charge in [-0.15, -0.1) is 0 Å². The number of aromatic nitrogens is 2. The third-order valence-electron chi connectivity index (χ3n) is 2.97. The van der Waals surface area contributed by atoms with Crippen molar-refractivity contribution < 1.29 is 4.74 Å². The average Bonchev–Trinajstić information content (AvgIpc) is 2.83. The molecule has 0 aliphatic heterocycles. The highest BCUT2D eigenvalue weighted by molar-refractivity contribution is 6.32. The summed E-state index contributed by atoms with van der Waals surface area (Å²) < 4.78 is 7.07. The van der Waals surface area contributed by atoms with E-state index < -0.39 is 0 Å². The van der Waals surface area contributed by atoms with Crippen LogP contribution in [-0.2, 0) is 7.05 Å². The molecule has 0 spiro atoms. The Morgan fingerprint density at radius 3 is 2.79 bits per heavy atom. The van der Waals surface area contributed by atoms with Crippen LogP contribution >= 0.6 is 11.6 Å². The molecule has 1 atom stereocenters. The van der Waals surface area contributed by atoms with Gasteiger partial charge in [0.05, 0.1) is 24.4 Å². The summed E-state index contributed by atoms with van der Waals surface area (Å²) in [4.78, 5) is 0. The Morgan fingerprint density at radius 1 is 1.42 bits per heavy atom. The van der Waals surface area contributed by atoms with Crippen molar-refractivity contribution in [3.8, 4) is 5.75 Å². The minimum atomic E-state index is 0.0878. The van der Waals surface area contributed by atoms with Crippen molar-refractivity contribution in [1.82, 2.24) is 15.1 Å². The lowest BCUT2D eigenvalue weighted by Crippen LogP contribution is -2.21. The molecule has 1 heterocycles. The molecule has 0 fully saturated rings. The van der Waals surface area contributed by atoms with Crippen molar-refractivity contribution in [1.29, 1.82) is 0 Å². The number of methoxy groups -OCH3 is 1. The van der Waals surface area contributed by atoms with Gasteiger partial charge in [-0.25, -0.2) is 0 Å². The number of benzene rings is 1. The van der Waals surface area contributed by atoms with Gasteiger partial charge >= 0.3 is 0 Å². The first-order valence-electron chi connectivity index (χ1n) is 6.21. The number of aryl methyl sites for hydroxylation is 1. The van der Waals surface area contributed by atoms with Crippen LogP contribution in [0.4, 0.5) is 0 Å². The maximum absolute atomic E-state index is 6.07. The molecule has 4 nitrogen and oxygen atoms in total. The summed E-state index contributed by atoms with van der Waals surface area (Å²) in [6.07, 6.45) is 3.88. The predicted molar refractivity (Wildman–Crippen MR) is 76.7 cm³/mol. The number of nitrogens with one attached hydrogen (secondary N) is 1. The van der Waals surface area contributed by atoms with Crippen LogP contribution in [0, 0.1) is 0 Å². The van der Waals surface area contributed by atoms with Gasteiger partial charge < -0.3 is 10.1 Å². The number of nitrogens with zero attached hydrogens (tertiary/aromatic N) is 2. The van der Waals surface area contributed by atoms with Gasteiger partial charge in [-0.1, -0.05) is 24.6 Å². The second-order valence-corrected chi connectivity index (χ2v) is 4.74. The molecule has 0 saturated carbocycles. The van der Waals surface area contributed by atoms with Gasteiger partial charge in [0.15, 0.2) is 0 Å². The van der Waals surface area contributed by atoms with Gasteiger partial charge in [0.1, 0.15) is 5.75 Å². The van der Waals surface area contributed by atoms with Crippen molar-refractivity contribution in [3.63, 3.8) is 0 Å². The van der Waals surface area contributed by atoms with Gasteiger partial charge in [-0.3, -0.25) is 4.68 Å². The van der Waals surface area contributed by atoms with E-state index in [-0.39, 0.29) is 6.04 Å². The quantitative estimate of drug-likeness (QED) is 0.915. The van der Waals surface area contributed by atoms with Gasteiger partial charge in [-0.2, -0.15) is 5.10 Å². The average molecular weight is 280 g/mol. The summed E-state index contributed by atoms with van der Waals surface area (Å²) in [5.74, 6) is 0.686. The SMILES string of the molecule is CCNC(c1ccc(Cl)c(OC)c1)c1cnn(C)c1. The number of halogens is 1. The van der Waals surface area contributed by atoms with Crippen LogP contribution in [0.25, 0.3) is 0 Å². The zero-order valence-corrected chi connectivity index (χ0v) is 12.1. The predicted octanol–water partition coefficient (Wildman–Crippen LogP) is 2.78. The fourth-order valence-electron chi connectivity index (χ4n) is 2.08. The van der Waals surface area contributed by atoms with E-state index >= 15 is 0 Å². The summed E-state index contributed by atoms with van der Waals surface area (Å²) in [6.45, 7) is 2.95. The zero-order chi connectivity index (χ0) is 13.8. The summed E-state index contributed by atoms with van der Waals surface area (Å²) in [5.41, 5.74) is 2.23. The minimum Gasteiger partial charge on any atom is -0.495 e. The Balaban J connectivity index is 2.38. The van der Waals surface area contributed by atoms with E-state index in [0.717, 1.165) is 17.7 Å². The molecule has 1 unspecified atom stereocenters. The van der Waals surface area contributed by atoms with E-state index in [0.29, 0.717) is 10.8 Å². The molecule has 0 aliphatic rings. The summed E-state index contributed by atoms with van der Waals surface area (Å²) in [5, 5.41) is 8.29. The Labute approximate surface area is 118 Å². The van der Waals surface area contributed by atoms with Crippen LogP contribution in [0.1, 0.15) is 24.1 Å². The highest BCUT2D eigenvalue weighted by atomic mass is 35.5. The molecule has 2 rings (SSSR count). The lowest BCUT2D eigenvalue weighted by atomic mass is 10.0. The molecule has 1 aromatic carbocycles. The van der Waals surface area contributed by atoms with Crippen molar-refractivity contribution in [2.45, 2.75) is 13.0 Å². The first kappa shape index (κ1) is 13.9. The van der Waals surface area contributed by atoms with E-state index in [1.165, 1.54) is 0 Å². The van der Waals surface area contributed by atoms with Crippen LogP contribution in [0.15, 0.2) is 30.6 Å². The van der Waals surface area contributed by atoms with Gasteiger partial charge in [0.2, 0.25) is 0 Å². The van der Waals surface area contributed by atoms with Crippen LogP contribution in [0.3, 0.4) is 0 Å². The van der Waals surface area contributed by atoms with E-state index in [2.05, 4.69) is 17.3 Å². The second kappa shape index (κ2) is 6.08. The summed E-state index contributed by atoms with van der Waals surface area (Å²) in [7, 11) is 3.53. The van der Waals surface area contributed by atoms with E-state index in [1.807, 2.05) is 37.6 Å². The van der Waals surface area contributed by atoms with Gasteiger partial charge in [0, 0.05) is 18.8 Å². The Morgan fingerprint density at radius 2 is 2.21 bits per heavy atom. The molecule has 2 aromatic rings. The van der Waals surface area contributed by atoms with Crippen molar-refractivity contribution in [3.05, 3.63) is 46.7 Å². The molecular weight excluding hydrogens is 262 g/mol. The maximum atomic E-state index is 6.07. The maximum Gasteiger partial charge on any atom is 0.137 e. The first-order valence-corrected chi connectivity index (χ1v) is 6.59. The topological polar surface area (TPSA) is 39.1 Å². The van der Waals surface area contributed by atoms with Crippen LogP contribution < -0.4 is 10.1 Å². The fraction of sp³-hybridized carbons (Fsp3) is 0.357. The molecule has 0 bridgehead atoms. The molecule has 1 N–H and O–H groups in total. The van der Waals surface area contributed by atoms with Crippen LogP contribution in [-0.4, -0.2) is 23.4 Å². The Bertz CT molecular complexity index is 553. The molecule has 19 heavy (non-hydrogen) atoms. The minimum absolute atomic E-state index is 0.0878. The standard InChI is InChI=1S/C14H18ClN3O/c1-4-16-14(11-8-17-18(2)9-11)10-5-6-12(15)13(7-10)19-3/h5-9,14,16H,4H2,1-3H3. The number of ether oxygens (including phenoxy) is 1. The van der Waals surface area contributed by atoms with E-state index in [4.69, 9.17) is 16.3 Å². The van der Waals surface area contributed by atoms with E-state index in [1.54, 1.807) is 11.8 Å². The third kappa shape index (κ3) is 3.08. The van der Waals surface area contributed by atoms with Crippen molar-refractivity contribution >= 4 is 11.6 Å². The smallest absolute Gasteiger partial charge is 0.137 e. The van der Waals surface area contributed by atoms with Gasteiger partial charge in [-0.05, 0) is 24.2 Å². The molecule has 0 radical (unpaired) electrons. The summed E-state index contributed by atoms with van der Waals surface area (Å²) in [6, 6.07) is 5.91. The molecular formula is C14H18ClN3O. The van der Waals surface area contributed by atoms with Crippen molar-refractivity contribution in [2.75, 3.05) is 13.7 Å². The van der Waals surface area contributed by atoms with E-state index in [9.17, 15) is 0 Å². The largest absolute Gasteiger partial charge is 0.495 e. The molecule has 1 aromatic heterocycles. The normalized spacial score (nSPS) is 12.4. The zero-order valence-electron chi connectivity index (χ0n) is 11.4. The highest BCUT2D eigenvalue weighted by Gasteiger charge is 2.16. The Kier molecular flexibility index (Phi) is 4.45. The lowest BCUT2D eigenvalue weighted by Gasteiger charge is -2.18. The third-order valence-corrected chi connectivity index (χ3v) is 3.29. The molecule has 5 heteroatoms. The fourth-order valence-corrected chi connectivity index (χ4v) is 2.27. The second-order valence-electron chi connectivity index (χ2n) is 4.33. The molecule has 0 amide bonds. The van der Waals surface area contributed by atoms with Crippen LogP contribution in [0.2, 0.25) is 5.02 Å². The van der Waals surface area contributed by atoms with Crippen LogP contribution in [0.5, 0.6) is 5.75 Å². The highest BCUT2D eigenvalue weighted by Crippen LogP contribution is 2.30. The van der Waals surface area contributed by atoms with Crippen molar-refractivity contribution in [2.24, 2.45) is 7.05 Å². The summed E-state index contributed by atoms with van der Waals surface area (Å²) >= 11 is 6.07. The number of hydrogen-bond donors (Lipinski definition) is 1. The number of hydrogen-bond acceptors (Lipinski definition) is 3. The molecule has 0 saturated heterocycles. The first-order chi connectivity index (χ1) is 9.15. The lowest BCUT2D eigenvalue weighted by molar-refractivity contribution is 0.414. The van der Waals surface area contributed by atoms with Gasteiger partial charge in [0.25, 0.3) is 0 Å². The number of rotatable bonds is 5. The molecule has 102 valence electrons. The Hall–Kier alpha value is -1.52. The monoisotopic (exact) mass is 279 g/mol. The molecule has 0 aliphatic carbocycles.